The molecule has 0 aromatic carbocycles. The van der Waals surface area contributed by atoms with Gasteiger partial charge in [0.05, 0.1) is 17.4 Å². The molecule has 280 valence electrons. The van der Waals surface area contributed by atoms with Crippen molar-refractivity contribution in [3.8, 4) is 5.82 Å². The summed E-state index contributed by atoms with van der Waals surface area (Å²) < 4.78 is 90.7. The molecule has 2 saturated heterocycles. The molecule has 0 bridgehead atoms. The predicted molar refractivity (Wildman–Crippen MR) is 190 cm³/mol. The van der Waals surface area contributed by atoms with Crippen LogP contribution in [0.3, 0.4) is 0 Å². The number of aryl methyl sites for hydroxylation is 2. The first-order valence-electron chi connectivity index (χ1n) is 16.6. The zero-order valence-corrected chi connectivity index (χ0v) is 32.2. The Balaban J connectivity index is 1.01. The molecule has 6 aromatic heterocycles. The SMILES string of the molecule is Cc1nc(-[n+]2cnn3cc(C4CCN(S(=O)(=O)c5cnn(C)c5C(F)F)CC4)c(Cl)cc32)c(S(=O)(=O)N2CCC(c3cn4ncnc4cc3Cl)CC2)s1. The Hall–Kier alpha value is -3.66. The van der Waals surface area contributed by atoms with Gasteiger partial charge in [-0.05, 0) is 55.1 Å². The summed E-state index contributed by atoms with van der Waals surface area (Å²) in [6.07, 6.45) is 6.43. The number of thiazole rings is 1. The lowest BCUT2D eigenvalue weighted by Crippen LogP contribution is -2.40. The van der Waals surface area contributed by atoms with Crippen LogP contribution in [0.4, 0.5) is 8.78 Å². The van der Waals surface area contributed by atoms with Crippen LogP contribution in [0.2, 0.25) is 10.0 Å². The molecule has 8 heterocycles. The number of hydrogen-bond donors (Lipinski definition) is 0. The van der Waals surface area contributed by atoms with Crippen LogP contribution in [-0.2, 0) is 27.1 Å². The Morgan fingerprint density at radius 2 is 1.47 bits per heavy atom. The average molecular weight is 828 g/mol. The Morgan fingerprint density at radius 1 is 0.868 bits per heavy atom. The van der Waals surface area contributed by atoms with E-state index in [4.69, 9.17) is 23.2 Å². The van der Waals surface area contributed by atoms with Crippen molar-refractivity contribution in [3.63, 3.8) is 0 Å². The van der Waals surface area contributed by atoms with Crippen LogP contribution in [-0.4, -0.2) is 90.6 Å². The quantitative estimate of drug-likeness (QED) is 0.201. The van der Waals surface area contributed by atoms with Gasteiger partial charge in [0.1, 0.15) is 21.9 Å². The Kier molecular flexibility index (Phi) is 9.30. The molecule has 6 aromatic rings. The monoisotopic (exact) mass is 826 g/mol. The largest absolute Gasteiger partial charge is 0.281 e. The maximum atomic E-state index is 14.2. The minimum Gasteiger partial charge on any atom is -0.265 e. The van der Waals surface area contributed by atoms with Crippen LogP contribution in [0.1, 0.15) is 65.8 Å². The van der Waals surface area contributed by atoms with Crippen LogP contribution in [0.15, 0.2) is 52.5 Å². The number of halogens is 4. The van der Waals surface area contributed by atoms with Gasteiger partial charge in [-0.15, -0.1) is 9.50 Å². The molecular weight excluding hydrogens is 796 g/mol. The van der Waals surface area contributed by atoms with Crippen molar-refractivity contribution in [1.29, 1.82) is 0 Å². The summed E-state index contributed by atoms with van der Waals surface area (Å²) >= 11 is 14.5. The molecule has 2 aliphatic heterocycles. The van der Waals surface area contributed by atoms with Crippen LogP contribution >= 0.6 is 34.5 Å². The zero-order chi connectivity index (χ0) is 37.4. The van der Waals surface area contributed by atoms with Gasteiger partial charge >= 0.3 is 0 Å². The van der Waals surface area contributed by atoms with Crippen molar-refractivity contribution in [1.82, 2.24) is 47.6 Å². The molecule has 22 heteroatoms. The van der Waals surface area contributed by atoms with Crippen molar-refractivity contribution >= 4 is 65.9 Å². The second-order valence-electron chi connectivity index (χ2n) is 13.0. The molecule has 0 spiro atoms. The maximum absolute atomic E-state index is 14.2. The highest BCUT2D eigenvalue weighted by molar-refractivity contribution is 7.91. The summed E-state index contributed by atoms with van der Waals surface area (Å²) in [4.78, 5) is 8.28. The number of nitrogens with zero attached hydrogens (tertiary/aromatic N) is 11. The van der Waals surface area contributed by atoms with E-state index in [1.165, 1.54) is 28.3 Å². The van der Waals surface area contributed by atoms with Crippen molar-refractivity contribution in [2.24, 2.45) is 7.05 Å². The van der Waals surface area contributed by atoms with Gasteiger partial charge in [-0.2, -0.15) is 23.4 Å². The van der Waals surface area contributed by atoms with E-state index in [1.807, 2.05) is 6.20 Å². The average Bonchev–Trinajstić information content (AvgIpc) is 3.93. The third-order valence-electron chi connectivity index (χ3n) is 10.0. The van der Waals surface area contributed by atoms with Crippen molar-refractivity contribution in [3.05, 3.63) is 75.3 Å². The lowest BCUT2D eigenvalue weighted by atomic mass is 9.91. The second-order valence-corrected chi connectivity index (χ2v) is 19.1. The highest BCUT2D eigenvalue weighted by atomic mass is 35.5. The normalized spacial score (nSPS) is 17.6. The molecule has 0 radical (unpaired) electrons. The summed E-state index contributed by atoms with van der Waals surface area (Å²) in [5.74, 6) is 0.116. The number of alkyl halides is 2. The summed E-state index contributed by atoms with van der Waals surface area (Å²) in [6.45, 7) is 2.52. The van der Waals surface area contributed by atoms with Gasteiger partial charge in [0.2, 0.25) is 26.2 Å². The molecule has 53 heavy (non-hydrogen) atoms. The molecule has 0 N–H and O–H groups in total. The highest BCUT2D eigenvalue weighted by Crippen LogP contribution is 2.38. The number of sulfonamides is 2. The van der Waals surface area contributed by atoms with Gasteiger partial charge in [-0.3, -0.25) is 4.68 Å². The second kappa shape index (κ2) is 13.6. The van der Waals surface area contributed by atoms with Gasteiger partial charge in [-0.25, -0.2) is 35.1 Å². The number of fused-ring (bicyclic) bond motifs is 2. The minimum atomic E-state index is -4.19. The van der Waals surface area contributed by atoms with E-state index in [2.05, 4.69) is 25.3 Å². The minimum absolute atomic E-state index is 0.0479. The summed E-state index contributed by atoms with van der Waals surface area (Å²) in [5.41, 5.74) is 2.10. The number of pyridine rings is 2. The molecule has 0 saturated carbocycles. The molecule has 2 aliphatic rings. The number of aromatic nitrogens is 9. The van der Waals surface area contributed by atoms with E-state index in [0.717, 1.165) is 33.3 Å². The fourth-order valence-electron chi connectivity index (χ4n) is 7.24. The first kappa shape index (κ1) is 36.3. The molecule has 15 nitrogen and oxygen atoms in total. The first-order chi connectivity index (χ1) is 25.2. The van der Waals surface area contributed by atoms with Crippen LogP contribution in [0.5, 0.6) is 0 Å². The zero-order valence-electron chi connectivity index (χ0n) is 28.2. The van der Waals surface area contributed by atoms with Crippen LogP contribution in [0.25, 0.3) is 17.1 Å². The first-order valence-corrected chi connectivity index (χ1v) is 21.0. The highest BCUT2D eigenvalue weighted by Gasteiger charge is 2.39. The summed E-state index contributed by atoms with van der Waals surface area (Å²) in [7, 11) is -6.86. The van der Waals surface area contributed by atoms with E-state index in [0.29, 0.717) is 65.1 Å². The van der Waals surface area contributed by atoms with Crippen molar-refractivity contribution in [2.45, 2.75) is 60.0 Å². The Labute approximate surface area is 316 Å². The van der Waals surface area contributed by atoms with E-state index in [9.17, 15) is 25.6 Å². The van der Waals surface area contributed by atoms with Gasteiger partial charge in [-0.1, -0.05) is 34.5 Å². The van der Waals surface area contributed by atoms with E-state index in [-0.39, 0.29) is 35.0 Å². The van der Waals surface area contributed by atoms with E-state index < -0.39 is 37.1 Å². The molecular formula is C31H32Cl2F2N11O4S3+. The predicted octanol–water partition coefficient (Wildman–Crippen LogP) is 4.53. The van der Waals surface area contributed by atoms with Gasteiger partial charge in [0.15, 0.2) is 5.65 Å². The number of hydrogen-bond acceptors (Lipinski definition) is 10. The van der Waals surface area contributed by atoms with E-state index in [1.54, 1.807) is 38.9 Å². The van der Waals surface area contributed by atoms with Gasteiger partial charge < -0.3 is 0 Å². The lowest BCUT2D eigenvalue weighted by Gasteiger charge is -2.31. The fraction of sp³-hybridized carbons (Fsp3) is 0.419. The molecule has 8 rings (SSSR count). The lowest BCUT2D eigenvalue weighted by molar-refractivity contribution is -0.574. The Bertz CT molecular complexity index is 2590. The molecule has 2 fully saturated rings. The number of rotatable bonds is 8. The third kappa shape index (κ3) is 6.30. The summed E-state index contributed by atoms with van der Waals surface area (Å²) in [5, 5.41) is 14.0. The van der Waals surface area contributed by atoms with E-state index >= 15 is 0 Å². The van der Waals surface area contributed by atoms with Gasteiger partial charge in [0.25, 0.3) is 22.3 Å². The summed E-state index contributed by atoms with van der Waals surface area (Å²) in [6, 6.07) is 3.45. The Morgan fingerprint density at radius 3 is 2.11 bits per heavy atom. The van der Waals surface area contributed by atoms with Crippen molar-refractivity contribution in [2.75, 3.05) is 26.2 Å². The molecule has 0 unspecified atom stereocenters. The van der Waals surface area contributed by atoms with Gasteiger partial charge in [0, 0.05) is 62.1 Å². The molecule has 0 aliphatic carbocycles. The topological polar surface area (TPSA) is 157 Å². The third-order valence-corrected chi connectivity index (χ3v) is 15.9. The fourth-order valence-corrected chi connectivity index (χ4v) is 12.5. The standard InChI is InChI=1S/C31H32Cl2F2N11O4S3/c1-18-40-30(31(51-18)53(49,50)43-9-5-19(6-10-43)21-14-45-26(11-23(21)32)36-16-38-45)44-17-39-46-15-22(24(33)12-27(44)46)20-3-7-42(8-4-20)52(47,48)25-13-37-41(2)28(25)29(34)35/h11-17,19-20,29H,3-10H2,1-2H3/q+1. The van der Waals surface area contributed by atoms with Crippen molar-refractivity contribution < 1.29 is 30.2 Å². The molecule has 0 atom stereocenters. The van der Waals surface area contributed by atoms with Crippen LogP contribution in [0, 0.1) is 6.92 Å². The number of piperidine rings is 2. The van der Waals surface area contributed by atoms with Crippen LogP contribution < -0.4 is 4.57 Å². The maximum Gasteiger partial charge on any atom is 0.281 e. The smallest absolute Gasteiger partial charge is 0.265 e. The molecule has 0 amide bonds.